The van der Waals surface area contributed by atoms with Gasteiger partial charge >= 0.3 is 0 Å². The lowest BCUT2D eigenvalue weighted by Crippen LogP contribution is -2.41. The van der Waals surface area contributed by atoms with Crippen molar-refractivity contribution < 1.29 is 9.53 Å². The molecule has 1 fully saturated rings. The molecule has 1 saturated heterocycles. The van der Waals surface area contributed by atoms with Crippen LogP contribution in [0.1, 0.15) is 5.56 Å². The number of ether oxygens (including phenoxy) is 1. The summed E-state index contributed by atoms with van der Waals surface area (Å²) in [6, 6.07) is 22.0. The van der Waals surface area contributed by atoms with Crippen LogP contribution >= 0.6 is 11.8 Å². The number of rotatable bonds is 3. The molecule has 0 aliphatic carbocycles. The van der Waals surface area contributed by atoms with E-state index in [2.05, 4.69) is 6.07 Å². The number of nitriles is 1. The summed E-state index contributed by atoms with van der Waals surface area (Å²) in [6.07, 6.45) is 0. The number of nitrogens with zero attached hydrogens (tertiary/aromatic N) is 3. The van der Waals surface area contributed by atoms with Crippen LogP contribution < -0.4 is 4.90 Å². The number of carbonyl (C=O) groups excluding carboxylic acids is 1. The fourth-order valence-corrected chi connectivity index (χ4v) is 4.27. The lowest BCUT2D eigenvalue weighted by molar-refractivity contribution is -0.130. The number of morpholine rings is 1. The van der Waals surface area contributed by atoms with E-state index in [1.807, 2.05) is 71.0 Å². The number of para-hydroxylation sites is 1. The Hall–Kier alpha value is -3.01. The summed E-state index contributed by atoms with van der Waals surface area (Å²) in [5.41, 5.74) is 3.07. The van der Waals surface area contributed by atoms with Gasteiger partial charge in [0.15, 0.2) is 0 Å². The maximum atomic E-state index is 13.1. The number of anilines is 1. The predicted octanol–water partition coefficient (Wildman–Crippen LogP) is 3.83. The van der Waals surface area contributed by atoms with Gasteiger partial charge in [0.1, 0.15) is 16.7 Å². The first-order valence-electron chi connectivity index (χ1n) is 9.08. The van der Waals surface area contributed by atoms with Crippen molar-refractivity contribution in [3.05, 3.63) is 82.2 Å². The second-order valence-corrected chi connectivity index (χ2v) is 7.21. The van der Waals surface area contributed by atoms with Crippen LogP contribution in [-0.4, -0.2) is 37.1 Å². The minimum Gasteiger partial charge on any atom is -0.378 e. The third-order valence-corrected chi connectivity index (χ3v) is 5.60. The summed E-state index contributed by atoms with van der Waals surface area (Å²) in [4.78, 5) is 16.8. The molecule has 2 aliphatic heterocycles. The highest BCUT2D eigenvalue weighted by atomic mass is 32.2. The van der Waals surface area contributed by atoms with Crippen LogP contribution in [0.4, 0.5) is 5.69 Å². The third-order valence-electron chi connectivity index (χ3n) is 4.65. The lowest BCUT2D eigenvalue weighted by atomic mass is 10.1. The number of amides is 1. The molecule has 0 N–H and O–H groups in total. The molecular formula is C22H19N3O2S. The van der Waals surface area contributed by atoms with Gasteiger partial charge in [-0.1, -0.05) is 60.3 Å². The van der Waals surface area contributed by atoms with Gasteiger partial charge in [-0.15, -0.1) is 0 Å². The highest BCUT2D eigenvalue weighted by molar-refractivity contribution is 8.06. The van der Waals surface area contributed by atoms with Crippen LogP contribution in [0, 0.1) is 11.3 Å². The van der Waals surface area contributed by atoms with Crippen molar-refractivity contribution in [2.45, 2.75) is 0 Å². The molecule has 140 valence electrons. The molecule has 0 radical (unpaired) electrons. The fraction of sp³-hybridized carbons (Fsp3) is 0.182. The molecule has 2 aromatic carbocycles. The largest absolute Gasteiger partial charge is 0.378 e. The van der Waals surface area contributed by atoms with Crippen LogP contribution in [0.25, 0.3) is 5.70 Å². The number of hydrogen-bond donors (Lipinski definition) is 0. The zero-order valence-corrected chi connectivity index (χ0v) is 16.1. The molecular weight excluding hydrogens is 370 g/mol. The Balaban J connectivity index is 1.78. The second kappa shape index (κ2) is 8.34. The van der Waals surface area contributed by atoms with Gasteiger partial charge in [-0.3, -0.25) is 4.79 Å². The Morgan fingerprint density at radius 2 is 1.64 bits per heavy atom. The van der Waals surface area contributed by atoms with Gasteiger partial charge in [0.25, 0.3) is 5.91 Å². The summed E-state index contributed by atoms with van der Waals surface area (Å²) >= 11 is 1.42. The van der Waals surface area contributed by atoms with E-state index < -0.39 is 0 Å². The molecule has 2 aliphatic rings. The molecule has 0 aromatic heterocycles. The highest BCUT2D eigenvalue weighted by Crippen LogP contribution is 2.44. The second-order valence-electron chi connectivity index (χ2n) is 6.35. The zero-order chi connectivity index (χ0) is 19.3. The Morgan fingerprint density at radius 1 is 1.00 bits per heavy atom. The maximum absolute atomic E-state index is 13.1. The van der Waals surface area contributed by atoms with Gasteiger partial charge in [-0.25, -0.2) is 0 Å². The Bertz CT molecular complexity index is 958. The molecule has 5 nitrogen and oxygen atoms in total. The van der Waals surface area contributed by atoms with Gasteiger partial charge in [0, 0.05) is 24.2 Å². The summed E-state index contributed by atoms with van der Waals surface area (Å²) in [7, 11) is 0. The monoisotopic (exact) mass is 389 g/mol. The van der Waals surface area contributed by atoms with Crippen LogP contribution in [0.3, 0.4) is 0 Å². The Morgan fingerprint density at radius 3 is 2.29 bits per heavy atom. The minimum atomic E-state index is -0.239. The standard InChI is InChI=1S/C22H19N3O2S/c23-15-19(21(26)24-11-13-27-14-12-24)22-25(18-9-5-2-6-10-18)20(16-28-22)17-7-3-1-4-8-17/h1-10,16H,11-14H2/b22-19-. The summed E-state index contributed by atoms with van der Waals surface area (Å²) < 4.78 is 5.34. The Labute approximate surface area is 168 Å². The molecule has 0 bridgehead atoms. The van der Waals surface area contributed by atoms with E-state index in [-0.39, 0.29) is 11.5 Å². The molecule has 0 unspecified atom stereocenters. The first-order valence-corrected chi connectivity index (χ1v) is 9.96. The molecule has 4 rings (SSSR count). The summed E-state index contributed by atoms with van der Waals surface area (Å²) in [5, 5.41) is 12.5. The van der Waals surface area contributed by atoms with E-state index in [1.165, 1.54) is 11.8 Å². The molecule has 0 spiro atoms. The average molecular weight is 389 g/mol. The summed E-state index contributed by atoms with van der Waals surface area (Å²) in [5.74, 6) is -0.239. The molecule has 0 atom stereocenters. The number of hydrogen-bond acceptors (Lipinski definition) is 5. The first kappa shape index (κ1) is 18.4. The van der Waals surface area contributed by atoms with Gasteiger partial charge in [0.05, 0.1) is 18.9 Å². The van der Waals surface area contributed by atoms with Crippen molar-refractivity contribution in [1.82, 2.24) is 4.90 Å². The van der Waals surface area contributed by atoms with Gasteiger partial charge in [-0.2, -0.15) is 5.26 Å². The SMILES string of the molecule is N#C/C(C(=O)N1CCOCC1)=C1/SC=C(c2ccccc2)N1c1ccccc1. The van der Waals surface area contributed by atoms with E-state index in [0.717, 1.165) is 16.9 Å². The minimum absolute atomic E-state index is 0.165. The van der Waals surface area contributed by atoms with Crippen LogP contribution in [0.5, 0.6) is 0 Å². The lowest BCUT2D eigenvalue weighted by Gasteiger charge is -2.29. The van der Waals surface area contributed by atoms with Crippen molar-refractivity contribution in [1.29, 1.82) is 5.26 Å². The van der Waals surface area contributed by atoms with Gasteiger partial charge in [-0.05, 0) is 17.7 Å². The molecule has 0 saturated carbocycles. The van der Waals surface area contributed by atoms with Crippen LogP contribution in [0.2, 0.25) is 0 Å². The van der Waals surface area contributed by atoms with Gasteiger partial charge < -0.3 is 14.5 Å². The third kappa shape index (κ3) is 3.55. The van der Waals surface area contributed by atoms with E-state index in [4.69, 9.17) is 4.74 Å². The molecule has 2 heterocycles. The van der Waals surface area contributed by atoms with Crippen LogP contribution in [-0.2, 0) is 9.53 Å². The van der Waals surface area contributed by atoms with Crippen molar-refractivity contribution in [2.75, 3.05) is 31.2 Å². The predicted molar refractivity (Wildman–Crippen MR) is 111 cm³/mol. The topological polar surface area (TPSA) is 56.6 Å². The van der Waals surface area contributed by atoms with E-state index >= 15 is 0 Å². The highest BCUT2D eigenvalue weighted by Gasteiger charge is 2.32. The quantitative estimate of drug-likeness (QED) is 0.590. The van der Waals surface area contributed by atoms with Crippen LogP contribution in [0.15, 0.2) is 76.7 Å². The zero-order valence-electron chi connectivity index (χ0n) is 15.2. The van der Waals surface area contributed by atoms with Crippen molar-refractivity contribution in [3.63, 3.8) is 0 Å². The number of thioether (sulfide) groups is 1. The number of benzene rings is 2. The fourth-order valence-electron chi connectivity index (χ4n) is 3.25. The average Bonchev–Trinajstić information content (AvgIpc) is 3.21. The van der Waals surface area contributed by atoms with E-state index in [1.54, 1.807) is 4.90 Å². The van der Waals surface area contributed by atoms with Crippen molar-refractivity contribution >= 4 is 29.1 Å². The van der Waals surface area contributed by atoms with Gasteiger partial charge in [0.2, 0.25) is 0 Å². The smallest absolute Gasteiger partial charge is 0.267 e. The van der Waals surface area contributed by atoms with Crippen molar-refractivity contribution in [2.24, 2.45) is 0 Å². The normalized spacial score (nSPS) is 18.5. The Kier molecular flexibility index (Phi) is 5.47. The maximum Gasteiger partial charge on any atom is 0.267 e. The molecule has 2 aromatic rings. The van der Waals surface area contributed by atoms with E-state index in [0.29, 0.717) is 31.3 Å². The molecule has 6 heteroatoms. The first-order chi connectivity index (χ1) is 13.8. The number of carbonyl (C=O) groups is 1. The summed E-state index contributed by atoms with van der Waals surface area (Å²) in [6.45, 7) is 2.02. The van der Waals surface area contributed by atoms with E-state index in [9.17, 15) is 10.1 Å². The molecule has 1 amide bonds. The molecule has 28 heavy (non-hydrogen) atoms. The van der Waals surface area contributed by atoms with Crippen molar-refractivity contribution in [3.8, 4) is 6.07 Å².